The fourth-order valence-corrected chi connectivity index (χ4v) is 1.41. The number of hydrogen-bond donors (Lipinski definition) is 0. The molecule has 2 rings (SSSR count). The standard InChI is InChI=1S/C8H13N3O2/c1-6-5-11(3-4-12-6)8-10-9-7(2)13-8/h6H,3-5H2,1-2H3/t6-/m0/s1. The van der Waals surface area contributed by atoms with E-state index in [0.29, 0.717) is 11.9 Å². The largest absolute Gasteiger partial charge is 0.408 e. The normalized spacial score (nSPS) is 23.5. The smallest absolute Gasteiger partial charge is 0.318 e. The molecule has 5 nitrogen and oxygen atoms in total. The molecule has 1 fully saturated rings. The number of aromatic nitrogens is 2. The van der Waals surface area contributed by atoms with Crippen LogP contribution in [0.15, 0.2) is 4.42 Å². The van der Waals surface area contributed by atoms with Gasteiger partial charge in [-0.05, 0) is 6.92 Å². The summed E-state index contributed by atoms with van der Waals surface area (Å²) in [7, 11) is 0. The number of rotatable bonds is 1. The maximum absolute atomic E-state index is 5.40. The minimum absolute atomic E-state index is 0.237. The van der Waals surface area contributed by atoms with Crippen LogP contribution in [-0.2, 0) is 4.74 Å². The van der Waals surface area contributed by atoms with Crippen molar-refractivity contribution in [2.75, 3.05) is 24.6 Å². The summed E-state index contributed by atoms with van der Waals surface area (Å²) in [5, 5.41) is 7.75. The second kappa shape index (κ2) is 3.33. The van der Waals surface area contributed by atoms with Crippen molar-refractivity contribution >= 4 is 6.01 Å². The number of morpholine rings is 1. The zero-order valence-electron chi connectivity index (χ0n) is 7.86. The average molecular weight is 183 g/mol. The maximum atomic E-state index is 5.40. The summed E-state index contributed by atoms with van der Waals surface area (Å²) in [6, 6.07) is 0.604. The van der Waals surface area contributed by atoms with Gasteiger partial charge in [0.2, 0.25) is 5.89 Å². The van der Waals surface area contributed by atoms with Gasteiger partial charge in [0.1, 0.15) is 0 Å². The van der Waals surface area contributed by atoms with Gasteiger partial charge in [0, 0.05) is 20.0 Å². The highest BCUT2D eigenvalue weighted by Crippen LogP contribution is 2.15. The Balaban J connectivity index is 2.08. The Hall–Kier alpha value is -1.10. The van der Waals surface area contributed by atoms with Crippen molar-refractivity contribution in [2.24, 2.45) is 0 Å². The summed E-state index contributed by atoms with van der Waals surface area (Å²) in [6.07, 6.45) is 0.237. The molecule has 1 aliphatic heterocycles. The van der Waals surface area contributed by atoms with Gasteiger partial charge in [-0.2, -0.15) is 0 Å². The summed E-state index contributed by atoms with van der Waals surface area (Å²) in [5.41, 5.74) is 0. The first-order valence-electron chi connectivity index (χ1n) is 4.42. The minimum atomic E-state index is 0.237. The van der Waals surface area contributed by atoms with E-state index in [-0.39, 0.29) is 6.10 Å². The van der Waals surface area contributed by atoms with E-state index in [1.807, 2.05) is 11.8 Å². The Morgan fingerprint density at radius 3 is 2.92 bits per heavy atom. The zero-order valence-corrected chi connectivity index (χ0v) is 7.86. The van der Waals surface area contributed by atoms with Crippen molar-refractivity contribution in [3.63, 3.8) is 0 Å². The lowest BCUT2D eigenvalue weighted by Crippen LogP contribution is -2.41. The van der Waals surface area contributed by atoms with E-state index in [1.165, 1.54) is 0 Å². The fraction of sp³-hybridized carbons (Fsp3) is 0.750. The summed E-state index contributed by atoms with van der Waals surface area (Å²) in [6.45, 7) is 6.20. The van der Waals surface area contributed by atoms with E-state index in [1.54, 1.807) is 6.92 Å². The molecule has 13 heavy (non-hydrogen) atoms. The highest BCUT2D eigenvalue weighted by atomic mass is 16.5. The molecular formula is C8H13N3O2. The molecule has 0 bridgehead atoms. The highest BCUT2D eigenvalue weighted by molar-refractivity contribution is 5.24. The van der Waals surface area contributed by atoms with Crippen LogP contribution >= 0.6 is 0 Å². The third-order valence-corrected chi connectivity index (χ3v) is 2.03. The van der Waals surface area contributed by atoms with Crippen LogP contribution in [0, 0.1) is 6.92 Å². The summed E-state index contributed by atoms with van der Waals surface area (Å²) < 4.78 is 10.7. The van der Waals surface area contributed by atoms with E-state index in [9.17, 15) is 0 Å². The molecule has 0 N–H and O–H groups in total. The van der Waals surface area contributed by atoms with E-state index < -0.39 is 0 Å². The molecule has 1 aromatic rings. The van der Waals surface area contributed by atoms with Crippen molar-refractivity contribution in [3.05, 3.63) is 5.89 Å². The van der Waals surface area contributed by atoms with Crippen LogP contribution in [0.1, 0.15) is 12.8 Å². The molecule has 5 heteroatoms. The maximum Gasteiger partial charge on any atom is 0.318 e. The number of aryl methyl sites for hydroxylation is 1. The Kier molecular flexibility index (Phi) is 2.18. The van der Waals surface area contributed by atoms with Gasteiger partial charge in [0.05, 0.1) is 12.7 Å². The van der Waals surface area contributed by atoms with Gasteiger partial charge in [0.25, 0.3) is 0 Å². The lowest BCUT2D eigenvalue weighted by Gasteiger charge is -2.29. The summed E-state index contributed by atoms with van der Waals surface area (Å²) in [4.78, 5) is 2.05. The van der Waals surface area contributed by atoms with Gasteiger partial charge in [-0.25, -0.2) is 0 Å². The lowest BCUT2D eigenvalue weighted by molar-refractivity contribution is 0.0513. The third-order valence-electron chi connectivity index (χ3n) is 2.03. The van der Waals surface area contributed by atoms with Crippen LogP contribution in [-0.4, -0.2) is 36.0 Å². The number of nitrogens with zero attached hydrogens (tertiary/aromatic N) is 3. The Morgan fingerprint density at radius 1 is 1.46 bits per heavy atom. The molecule has 0 amide bonds. The molecule has 0 unspecified atom stereocenters. The van der Waals surface area contributed by atoms with Crippen LogP contribution in [0.3, 0.4) is 0 Å². The number of ether oxygens (including phenoxy) is 1. The van der Waals surface area contributed by atoms with Crippen molar-refractivity contribution in [3.8, 4) is 0 Å². The molecule has 1 aliphatic rings. The molecule has 72 valence electrons. The number of hydrogen-bond acceptors (Lipinski definition) is 5. The first kappa shape index (κ1) is 8.50. The van der Waals surface area contributed by atoms with Gasteiger partial charge >= 0.3 is 6.01 Å². The lowest BCUT2D eigenvalue weighted by atomic mass is 10.3. The molecular weight excluding hydrogens is 170 g/mol. The molecule has 0 saturated carbocycles. The van der Waals surface area contributed by atoms with Gasteiger partial charge in [-0.3, -0.25) is 0 Å². The quantitative estimate of drug-likeness (QED) is 0.638. The fourth-order valence-electron chi connectivity index (χ4n) is 1.41. The van der Waals surface area contributed by atoms with Crippen LogP contribution in [0.5, 0.6) is 0 Å². The first-order chi connectivity index (χ1) is 6.25. The summed E-state index contributed by atoms with van der Waals surface area (Å²) >= 11 is 0. The molecule has 0 spiro atoms. The van der Waals surface area contributed by atoms with E-state index in [0.717, 1.165) is 19.7 Å². The zero-order chi connectivity index (χ0) is 9.26. The molecule has 1 saturated heterocycles. The minimum Gasteiger partial charge on any atom is -0.408 e. The van der Waals surface area contributed by atoms with Crippen LogP contribution in [0.2, 0.25) is 0 Å². The molecule has 2 heterocycles. The van der Waals surface area contributed by atoms with Crippen molar-refractivity contribution in [1.29, 1.82) is 0 Å². The van der Waals surface area contributed by atoms with Crippen LogP contribution < -0.4 is 4.90 Å². The SMILES string of the molecule is Cc1nnc(N2CCO[C@@H](C)C2)o1. The van der Waals surface area contributed by atoms with Crippen molar-refractivity contribution < 1.29 is 9.15 Å². The topological polar surface area (TPSA) is 51.4 Å². The highest BCUT2D eigenvalue weighted by Gasteiger charge is 2.20. The van der Waals surface area contributed by atoms with E-state index in [2.05, 4.69) is 10.2 Å². The van der Waals surface area contributed by atoms with E-state index >= 15 is 0 Å². The van der Waals surface area contributed by atoms with Gasteiger partial charge in [0.15, 0.2) is 0 Å². The third kappa shape index (κ3) is 1.80. The second-order valence-electron chi connectivity index (χ2n) is 3.23. The predicted molar refractivity (Wildman–Crippen MR) is 46.7 cm³/mol. The van der Waals surface area contributed by atoms with Crippen LogP contribution in [0.25, 0.3) is 0 Å². The summed E-state index contributed by atoms with van der Waals surface area (Å²) in [5.74, 6) is 0.606. The van der Waals surface area contributed by atoms with Crippen molar-refractivity contribution in [2.45, 2.75) is 20.0 Å². The van der Waals surface area contributed by atoms with Crippen LogP contribution in [0.4, 0.5) is 6.01 Å². The van der Waals surface area contributed by atoms with E-state index in [4.69, 9.17) is 9.15 Å². The van der Waals surface area contributed by atoms with Gasteiger partial charge in [-0.1, -0.05) is 5.10 Å². The Morgan fingerprint density at radius 2 is 2.31 bits per heavy atom. The molecule has 1 atom stereocenters. The molecule has 1 aromatic heterocycles. The average Bonchev–Trinajstić information content (AvgIpc) is 2.52. The number of anilines is 1. The monoisotopic (exact) mass is 183 g/mol. The van der Waals surface area contributed by atoms with Crippen molar-refractivity contribution in [1.82, 2.24) is 10.2 Å². The second-order valence-corrected chi connectivity index (χ2v) is 3.23. The van der Waals surface area contributed by atoms with Gasteiger partial charge in [-0.15, -0.1) is 5.10 Å². The first-order valence-corrected chi connectivity index (χ1v) is 4.42. The Bertz CT molecular complexity index is 287. The predicted octanol–water partition coefficient (Wildman–Crippen LogP) is 0.603. The molecule has 0 aromatic carbocycles. The molecule has 0 radical (unpaired) electrons. The Labute approximate surface area is 76.7 Å². The van der Waals surface area contributed by atoms with Gasteiger partial charge < -0.3 is 14.1 Å². The molecule has 0 aliphatic carbocycles.